The van der Waals surface area contributed by atoms with Crippen LogP contribution in [0, 0.1) is 5.92 Å². The largest absolute Gasteiger partial charge is 0.497 e. The van der Waals surface area contributed by atoms with Crippen molar-refractivity contribution in [1.82, 2.24) is 10.2 Å². The van der Waals surface area contributed by atoms with Gasteiger partial charge in [-0.15, -0.1) is 0 Å². The van der Waals surface area contributed by atoms with Crippen molar-refractivity contribution in [3.63, 3.8) is 0 Å². The van der Waals surface area contributed by atoms with Gasteiger partial charge in [0, 0.05) is 18.8 Å². The summed E-state index contributed by atoms with van der Waals surface area (Å²) in [6.45, 7) is 2.59. The quantitative estimate of drug-likeness (QED) is 0.849. The molecule has 5 heteroatoms. The number of rotatable bonds is 6. The monoisotopic (exact) mass is 339 g/mol. The number of hydrogen-bond acceptors (Lipinski definition) is 4. The summed E-state index contributed by atoms with van der Waals surface area (Å²) in [5.41, 5.74) is 2.47. The molecular formula is C20H25N3O2. The average molecular weight is 339 g/mol. The van der Waals surface area contributed by atoms with Crippen LogP contribution in [0.4, 0.5) is 11.4 Å². The molecule has 2 N–H and O–H groups in total. The number of anilines is 2. The number of carbonyl (C=O) groups excluding carboxylic acids is 1. The zero-order valence-electron chi connectivity index (χ0n) is 14.8. The van der Waals surface area contributed by atoms with Crippen molar-refractivity contribution >= 4 is 17.3 Å². The summed E-state index contributed by atoms with van der Waals surface area (Å²) in [5, 5.41) is 6.55. The van der Waals surface area contributed by atoms with Gasteiger partial charge in [-0.2, -0.15) is 0 Å². The highest BCUT2D eigenvalue weighted by atomic mass is 16.5. The van der Waals surface area contributed by atoms with Gasteiger partial charge in [0.2, 0.25) is 0 Å². The van der Waals surface area contributed by atoms with Crippen molar-refractivity contribution < 1.29 is 9.53 Å². The summed E-state index contributed by atoms with van der Waals surface area (Å²) >= 11 is 0. The standard InChI is InChI=1S/C20H25N3O2/c1-21-13-15-11-12-23(14-15)20(24)18-5-3-4-6-19(18)22-16-7-9-17(25-2)10-8-16/h3-10,15,21-22H,11-14H2,1-2H3/t15-/m0/s1. The maximum atomic E-state index is 13.0. The van der Waals surface area contributed by atoms with Gasteiger partial charge >= 0.3 is 0 Å². The molecule has 25 heavy (non-hydrogen) atoms. The van der Waals surface area contributed by atoms with Crippen LogP contribution in [0.2, 0.25) is 0 Å². The van der Waals surface area contributed by atoms with E-state index in [-0.39, 0.29) is 5.91 Å². The fraction of sp³-hybridized carbons (Fsp3) is 0.350. The van der Waals surface area contributed by atoms with E-state index in [9.17, 15) is 4.79 Å². The van der Waals surface area contributed by atoms with Gasteiger partial charge in [-0.3, -0.25) is 4.79 Å². The van der Waals surface area contributed by atoms with Crippen LogP contribution in [0.3, 0.4) is 0 Å². The zero-order valence-corrected chi connectivity index (χ0v) is 14.8. The van der Waals surface area contributed by atoms with E-state index >= 15 is 0 Å². The Morgan fingerprint density at radius 3 is 2.68 bits per heavy atom. The molecule has 1 heterocycles. The Morgan fingerprint density at radius 2 is 1.96 bits per heavy atom. The van der Waals surface area contributed by atoms with Crippen LogP contribution in [-0.2, 0) is 0 Å². The number of para-hydroxylation sites is 1. The molecule has 0 aliphatic carbocycles. The molecule has 5 nitrogen and oxygen atoms in total. The van der Waals surface area contributed by atoms with Crippen LogP contribution < -0.4 is 15.4 Å². The van der Waals surface area contributed by atoms with Crippen molar-refractivity contribution in [1.29, 1.82) is 0 Å². The summed E-state index contributed by atoms with van der Waals surface area (Å²) in [6.07, 6.45) is 1.06. The molecule has 1 saturated heterocycles. The van der Waals surface area contributed by atoms with Crippen LogP contribution in [0.15, 0.2) is 48.5 Å². The molecule has 2 aromatic rings. The molecule has 132 valence electrons. The van der Waals surface area contributed by atoms with Gasteiger partial charge in [0.1, 0.15) is 5.75 Å². The first kappa shape index (κ1) is 17.3. The molecule has 1 amide bonds. The number of hydrogen-bond donors (Lipinski definition) is 2. The lowest BCUT2D eigenvalue weighted by atomic mass is 10.1. The summed E-state index contributed by atoms with van der Waals surface area (Å²) in [6, 6.07) is 15.4. The minimum Gasteiger partial charge on any atom is -0.497 e. The minimum atomic E-state index is 0.0928. The Balaban J connectivity index is 1.75. The first-order valence-corrected chi connectivity index (χ1v) is 8.65. The number of amides is 1. The van der Waals surface area contributed by atoms with E-state index in [0.717, 1.165) is 43.2 Å². The Labute approximate surface area is 149 Å². The normalized spacial score (nSPS) is 16.7. The van der Waals surface area contributed by atoms with Gasteiger partial charge in [0.15, 0.2) is 0 Å². The molecule has 1 atom stereocenters. The second-order valence-corrected chi connectivity index (χ2v) is 6.36. The molecule has 0 aromatic heterocycles. The number of nitrogens with one attached hydrogen (secondary N) is 2. The van der Waals surface area contributed by atoms with E-state index in [4.69, 9.17) is 4.74 Å². The average Bonchev–Trinajstić information content (AvgIpc) is 3.11. The fourth-order valence-electron chi connectivity index (χ4n) is 3.25. The van der Waals surface area contributed by atoms with Gasteiger partial charge < -0.3 is 20.3 Å². The van der Waals surface area contributed by atoms with E-state index < -0.39 is 0 Å². The number of carbonyl (C=O) groups is 1. The van der Waals surface area contributed by atoms with Crippen LogP contribution in [0.25, 0.3) is 0 Å². The van der Waals surface area contributed by atoms with Crippen LogP contribution >= 0.6 is 0 Å². The third-order valence-electron chi connectivity index (χ3n) is 4.59. The van der Waals surface area contributed by atoms with E-state index in [1.807, 2.05) is 60.5 Å². The predicted octanol–water partition coefficient (Wildman–Crippen LogP) is 3.12. The fourth-order valence-corrected chi connectivity index (χ4v) is 3.25. The molecule has 1 fully saturated rings. The molecule has 1 aliphatic rings. The molecule has 0 saturated carbocycles. The predicted molar refractivity (Wildman–Crippen MR) is 101 cm³/mol. The van der Waals surface area contributed by atoms with Gasteiger partial charge in [0.05, 0.1) is 18.4 Å². The summed E-state index contributed by atoms with van der Waals surface area (Å²) in [5.74, 6) is 1.44. The third kappa shape index (κ3) is 4.12. The molecule has 0 unspecified atom stereocenters. The highest BCUT2D eigenvalue weighted by Gasteiger charge is 2.27. The van der Waals surface area contributed by atoms with Crippen LogP contribution in [0.5, 0.6) is 5.75 Å². The smallest absolute Gasteiger partial charge is 0.255 e. The Hall–Kier alpha value is -2.53. The van der Waals surface area contributed by atoms with Crippen LogP contribution in [-0.4, -0.2) is 44.6 Å². The highest BCUT2D eigenvalue weighted by Crippen LogP contribution is 2.26. The molecular weight excluding hydrogens is 314 g/mol. The van der Waals surface area contributed by atoms with Crippen molar-refractivity contribution in [2.75, 3.05) is 39.1 Å². The van der Waals surface area contributed by atoms with Gasteiger partial charge in [-0.05, 0) is 62.3 Å². The second kappa shape index (κ2) is 8.03. The highest BCUT2D eigenvalue weighted by molar-refractivity contribution is 6.00. The van der Waals surface area contributed by atoms with Crippen molar-refractivity contribution in [3.05, 3.63) is 54.1 Å². The molecule has 1 aliphatic heterocycles. The van der Waals surface area contributed by atoms with Crippen LogP contribution in [0.1, 0.15) is 16.8 Å². The van der Waals surface area contributed by atoms with E-state index in [0.29, 0.717) is 11.5 Å². The number of benzene rings is 2. The van der Waals surface area contributed by atoms with E-state index in [1.165, 1.54) is 0 Å². The SMILES string of the molecule is CNC[C@@H]1CCN(C(=O)c2ccccc2Nc2ccc(OC)cc2)C1. The lowest BCUT2D eigenvalue weighted by Crippen LogP contribution is -2.30. The molecule has 0 spiro atoms. The molecule has 0 bridgehead atoms. The Kier molecular flexibility index (Phi) is 5.56. The van der Waals surface area contributed by atoms with E-state index in [2.05, 4.69) is 10.6 Å². The van der Waals surface area contributed by atoms with E-state index in [1.54, 1.807) is 7.11 Å². The summed E-state index contributed by atoms with van der Waals surface area (Å²) in [7, 11) is 3.60. The first-order chi connectivity index (χ1) is 12.2. The summed E-state index contributed by atoms with van der Waals surface area (Å²) in [4.78, 5) is 14.9. The minimum absolute atomic E-state index is 0.0928. The van der Waals surface area contributed by atoms with Crippen molar-refractivity contribution in [2.24, 2.45) is 5.92 Å². The van der Waals surface area contributed by atoms with Gasteiger partial charge in [-0.25, -0.2) is 0 Å². The molecule has 2 aromatic carbocycles. The van der Waals surface area contributed by atoms with Crippen molar-refractivity contribution in [2.45, 2.75) is 6.42 Å². The summed E-state index contributed by atoms with van der Waals surface area (Å²) < 4.78 is 5.19. The van der Waals surface area contributed by atoms with Crippen molar-refractivity contribution in [3.8, 4) is 5.75 Å². The molecule has 3 rings (SSSR count). The lowest BCUT2D eigenvalue weighted by Gasteiger charge is -2.19. The second-order valence-electron chi connectivity index (χ2n) is 6.36. The van der Waals surface area contributed by atoms with Gasteiger partial charge in [0.25, 0.3) is 5.91 Å². The maximum Gasteiger partial charge on any atom is 0.255 e. The Bertz CT molecular complexity index is 715. The Morgan fingerprint density at radius 1 is 1.20 bits per heavy atom. The topological polar surface area (TPSA) is 53.6 Å². The number of nitrogens with zero attached hydrogens (tertiary/aromatic N) is 1. The maximum absolute atomic E-state index is 13.0. The number of ether oxygens (including phenoxy) is 1. The van der Waals surface area contributed by atoms with Gasteiger partial charge in [-0.1, -0.05) is 12.1 Å². The number of likely N-dealkylation sites (tertiary alicyclic amines) is 1. The molecule has 0 radical (unpaired) electrons. The number of methoxy groups -OCH3 is 1. The third-order valence-corrected chi connectivity index (χ3v) is 4.59. The first-order valence-electron chi connectivity index (χ1n) is 8.65. The lowest BCUT2D eigenvalue weighted by molar-refractivity contribution is 0.0788. The zero-order chi connectivity index (χ0) is 17.6.